The number of rotatable bonds is 10. The zero-order chi connectivity index (χ0) is 32.8. The van der Waals surface area contributed by atoms with Gasteiger partial charge in [-0.3, -0.25) is 4.79 Å². The van der Waals surface area contributed by atoms with Crippen LogP contribution in [0.1, 0.15) is 91.4 Å². The van der Waals surface area contributed by atoms with Gasteiger partial charge < -0.3 is 10.4 Å². The molecule has 4 nitrogen and oxygen atoms in total. The monoisotopic (exact) mass is 633 g/mol. The summed E-state index contributed by atoms with van der Waals surface area (Å²) >= 11 is 6.15. The molecule has 0 aromatic heterocycles. The van der Waals surface area contributed by atoms with E-state index >= 15 is 0 Å². The van der Waals surface area contributed by atoms with Crippen molar-refractivity contribution in [2.45, 2.75) is 72.1 Å². The van der Waals surface area contributed by atoms with Gasteiger partial charge in [-0.05, 0) is 132 Å². The lowest BCUT2D eigenvalue weighted by molar-refractivity contribution is -0.117. The molecule has 5 heteroatoms. The Morgan fingerprint density at radius 1 is 0.913 bits per heavy atom. The maximum Gasteiger partial charge on any atom is 0.335 e. The molecule has 0 spiro atoms. The lowest BCUT2D eigenvalue weighted by atomic mass is 9.72. The summed E-state index contributed by atoms with van der Waals surface area (Å²) in [6.07, 6.45) is 8.02. The normalized spacial score (nSPS) is 15.6. The first-order valence-corrected chi connectivity index (χ1v) is 16.6. The molecule has 0 aliphatic heterocycles. The van der Waals surface area contributed by atoms with Crippen LogP contribution in [-0.4, -0.2) is 17.0 Å². The molecule has 4 aromatic rings. The van der Waals surface area contributed by atoms with E-state index < -0.39 is 5.97 Å². The first kappa shape index (κ1) is 33.2. The SMILES string of the molecule is Cc1cc(Cl)ccc1-c1ccc(NC(=O)C(CCCc2ccc(C(=O)O)cc2)c2ccc(C3=CC[C@H](C(C)(C)C)CC3)cc2)cc1. The van der Waals surface area contributed by atoms with Gasteiger partial charge in [0.25, 0.3) is 0 Å². The number of carboxylic acids is 1. The largest absolute Gasteiger partial charge is 0.478 e. The van der Waals surface area contributed by atoms with Gasteiger partial charge in [0.2, 0.25) is 5.91 Å². The van der Waals surface area contributed by atoms with E-state index in [1.807, 2.05) is 61.5 Å². The van der Waals surface area contributed by atoms with E-state index in [1.165, 1.54) is 17.6 Å². The van der Waals surface area contributed by atoms with Gasteiger partial charge >= 0.3 is 5.97 Å². The van der Waals surface area contributed by atoms with Gasteiger partial charge in [0.1, 0.15) is 0 Å². The zero-order valence-corrected chi connectivity index (χ0v) is 28.0. The number of anilines is 1. The Kier molecular flexibility index (Phi) is 10.5. The van der Waals surface area contributed by atoms with Crippen molar-refractivity contribution >= 4 is 34.7 Å². The quantitative estimate of drug-likeness (QED) is 0.182. The Hall–Kier alpha value is -4.15. The molecule has 46 heavy (non-hydrogen) atoms. The van der Waals surface area contributed by atoms with E-state index in [1.54, 1.807) is 12.1 Å². The highest BCUT2D eigenvalue weighted by atomic mass is 35.5. The van der Waals surface area contributed by atoms with Crippen LogP contribution in [0.15, 0.2) is 97.1 Å². The van der Waals surface area contributed by atoms with Gasteiger partial charge in [0.15, 0.2) is 0 Å². The summed E-state index contributed by atoms with van der Waals surface area (Å²) in [6.45, 7) is 9.03. The minimum absolute atomic E-state index is 0.0331. The van der Waals surface area contributed by atoms with Crippen LogP contribution in [0, 0.1) is 18.3 Å². The summed E-state index contributed by atoms with van der Waals surface area (Å²) in [4.78, 5) is 25.1. The molecule has 0 fully saturated rings. The molecule has 0 heterocycles. The number of amides is 1. The number of hydrogen-bond donors (Lipinski definition) is 2. The third-order valence-electron chi connectivity index (χ3n) is 9.45. The van der Waals surface area contributed by atoms with E-state index in [2.05, 4.69) is 56.4 Å². The highest BCUT2D eigenvalue weighted by molar-refractivity contribution is 6.30. The number of benzene rings is 4. The van der Waals surface area contributed by atoms with Crippen molar-refractivity contribution in [3.05, 3.63) is 130 Å². The van der Waals surface area contributed by atoms with Crippen LogP contribution in [0.5, 0.6) is 0 Å². The molecule has 4 aromatic carbocycles. The Morgan fingerprint density at radius 3 is 2.17 bits per heavy atom. The average Bonchev–Trinajstić information content (AvgIpc) is 3.03. The fourth-order valence-electron chi connectivity index (χ4n) is 6.50. The number of aryl methyl sites for hydroxylation is 2. The van der Waals surface area contributed by atoms with E-state index in [-0.39, 0.29) is 17.4 Å². The summed E-state index contributed by atoms with van der Waals surface area (Å²) < 4.78 is 0. The number of carboxylic acid groups (broad SMARTS) is 1. The molecule has 0 saturated carbocycles. The molecule has 1 aliphatic carbocycles. The number of carbonyl (C=O) groups excluding carboxylic acids is 1. The zero-order valence-electron chi connectivity index (χ0n) is 27.3. The fourth-order valence-corrected chi connectivity index (χ4v) is 6.73. The molecule has 1 unspecified atom stereocenters. The van der Waals surface area contributed by atoms with Crippen molar-refractivity contribution in [2.75, 3.05) is 5.32 Å². The van der Waals surface area contributed by atoms with Crippen LogP contribution >= 0.6 is 11.6 Å². The van der Waals surface area contributed by atoms with Gasteiger partial charge in [0.05, 0.1) is 11.5 Å². The predicted molar refractivity (Wildman–Crippen MR) is 191 cm³/mol. The summed E-state index contributed by atoms with van der Waals surface area (Å²) in [7, 11) is 0. The second-order valence-corrected chi connectivity index (χ2v) is 14.1. The summed E-state index contributed by atoms with van der Waals surface area (Å²) in [5.74, 6) is -0.584. The molecule has 5 rings (SSSR count). The number of nitrogens with one attached hydrogen (secondary N) is 1. The molecular weight excluding hydrogens is 590 g/mol. The third-order valence-corrected chi connectivity index (χ3v) is 9.68. The van der Waals surface area contributed by atoms with E-state index in [9.17, 15) is 14.7 Å². The second kappa shape index (κ2) is 14.5. The minimum Gasteiger partial charge on any atom is -0.478 e. The minimum atomic E-state index is -0.930. The summed E-state index contributed by atoms with van der Waals surface area (Å²) in [6, 6.07) is 29.4. The van der Waals surface area contributed by atoms with E-state index in [0.29, 0.717) is 22.8 Å². The topological polar surface area (TPSA) is 66.4 Å². The first-order chi connectivity index (χ1) is 22.0. The van der Waals surface area contributed by atoms with Crippen molar-refractivity contribution < 1.29 is 14.7 Å². The maximum absolute atomic E-state index is 13.8. The van der Waals surface area contributed by atoms with Gasteiger partial charge in [-0.15, -0.1) is 0 Å². The van der Waals surface area contributed by atoms with Crippen LogP contribution in [-0.2, 0) is 11.2 Å². The number of carbonyl (C=O) groups is 2. The second-order valence-electron chi connectivity index (χ2n) is 13.7. The van der Waals surface area contributed by atoms with E-state index in [0.717, 1.165) is 59.2 Å². The van der Waals surface area contributed by atoms with Gasteiger partial charge in [-0.25, -0.2) is 4.79 Å². The lowest BCUT2D eigenvalue weighted by Gasteiger charge is -2.33. The van der Waals surface area contributed by atoms with Crippen molar-refractivity contribution in [1.82, 2.24) is 0 Å². The third kappa shape index (κ3) is 8.35. The fraction of sp³-hybridized carbons (Fsp3) is 0.317. The molecule has 0 bridgehead atoms. The molecular formula is C41H44ClNO3. The standard InChI is InChI=1S/C41H44ClNO3/c1-27-26-35(42)22-25-37(27)31-18-23-36(24-19-31)43-39(44)38(7-5-6-28-8-10-33(11-9-28)40(45)46)32-14-12-29(13-15-32)30-16-20-34(21-17-30)41(2,3)4/h8-16,18-19,22-26,34,38H,5-7,17,20-21H2,1-4H3,(H,43,44)(H,45,46)/t34-,38?/m0/s1. The smallest absolute Gasteiger partial charge is 0.335 e. The lowest BCUT2D eigenvalue weighted by Crippen LogP contribution is -2.22. The highest BCUT2D eigenvalue weighted by Gasteiger charge is 2.27. The molecule has 2 atom stereocenters. The van der Waals surface area contributed by atoms with Crippen LogP contribution in [0.4, 0.5) is 5.69 Å². The molecule has 0 saturated heterocycles. The molecule has 1 amide bonds. The Morgan fingerprint density at radius 2 is 1.59 bits per heavy atom. The Labute approximate surface area is 278 Å². The Bertz CT molecular complexity index is 1700. The highest BCUT2D eigenvalue weighted by Crippen LogP contribution is 2.40. The summed E-state index contributed by atoms with van der Waals surface area (Å²) in [5, 5.41) is 13.1. The molecule has 0 radical (unpaired) electrons. The van der Waals surface area contributed by atoms with Crippen molar-refractivity contribution in [1.29, 1.82) is 0 Å². The van der Waals surface area contributed by atoms with Gasteiger partial charge in [0, 0.05) is 10.7 Å². The van der Waals surface area contributed by atoms with Gasteiger partial charge in [-0.1, -0.05) is 93.0 Å². The number of hydrogen-bond acceptors (Lipinski definition) is 2. The van der Waals surface area contributed by atoms with Crippen molar-refractivity contribution in [3.63, 3.8) is 0 Å². The van der Waals surface area contributed by atoms with Gasteiger partial charge in [-0.2, -0.15) is 0 Å². The van der Waals surface area contributed by atoms with E-state index in [4.69, 9.17) is 11.6 Å². The van der Waals surface area contributed by atoms with Crippen molar-refractivity contribution in [2.24, 2.45) is 11.3 Å². The number of allylic oxidation sites excluding steroid dienone is 2. The number of aromatic carboxylic acids is 1. The number of halogens is 1. The van der Waals surface area contributed by atoms with Crippen LogP contribution in [0.3, 0.4) is 0 Å². The van der Waals surface area contributed by atoms with Crippen molar-refractivity contribution in [3.8, 4) is 11.1 Å². The Balaban J connectivity index is 1.31. The van der Waals surface area contributed by atoms with Crippen LogP contribution in [0.25, 0.3) is 16.7 Å². The molecule has 2 N–H and O–H groups in total. The van der Waals surface area contributed by atoms with Crippen LogP contribution in [0.2, 0.25) is 5.02 Å². The summed E-state index contributed by atoms with van der Waals surface area (Å²) in [5.41, 5.74) is 9.33. The van der Waals surface area contributed by atoms with Crippen LogP contribution < -0.4 is 5.32 Å². The average molecular weight is 634 g/mol. The molecule has 238 valence electrons. The maximum atomic E-state index is 13.8. The predicted octanol–water partition coefficient (Wildman–Crippen LogP) is 11.0. The molecule has 1 aliphatic rings. The first-order valence-electron chi connectivity index (χ1n) is 16.3.